The molecule has 3 rings (SSSR count). The lowest BCUT2D eigenvalue weighted by Gasteiger charge is -2.18. The molecule has 0 saturated heterocycles. The Bertz CT molecular complexity index is 1380. The van der Waals surface area contributed by atoms with Gasteiger partial charge in [-0.1, -0.05) is 48.5 Å². The van der Waals surface area contributed by atoms with Crippen molar-refractivity contribution in [3.8, 4) is 0 Å². The number of ketones is 1. The lowest BCUT2D eigenvalue weighted by atomic mass is 10.0. The zero-order valence-corrected chi connectivity index (χ0v) is 20.5. The summed E-state index contributed by atoms with van der Waals surface area (Å²) < 4.78 is 52.3. The van der Waals surface area contributed by atoms with E-state index in [2.05, 4.69) is 14.8 Å². The minimum absolute atomic E-state index is 0.104. The van der Waals surface area contributed by atoms with Crippen molar-refractivity contribution in [1.29, 1.82) is 0 Å². The molecular weight excluding hydrogens is 490 g/mol. The number of rotatable bonds is 11. The third kappa shape index (κ3) is 8.02. The second kappa shape index (κ2) is 11.3. The molecule has 184 valence electrons. The standard InChI is InChI=1S/C24H25N3O6S2/c1-34(30,31)25-17-23(28)22(16-18-8-4-2-5-9-18)26-24(29)19-12-14-20(15-13-19)27-35(32,33)21-10-6-3-7-11-21/h2-15,22,25,27H,16-17H2,1H3,(H,26,29)/t22-/m0/s1. The molecule has 1 atom stereocenters. The van der Waals surface area contributed by atoms with Gasteiger partial charge in [0.15, 0.2) is 5.78 Å². The number of hydrogen-bond donors (Lipinski definition) is 3. The van der Waals surface area contributed by atoms with Crippen molar-refractivity contribution in [2.75, 3.05) is 17.5 Å². The molecule has 0 aliphatic heterocycles. The maximum absolute atomic E-state index is 12.8. The van der Waals surface area contributed by atoms with Crippen molar-refractivity contribution in [3.05, 3.63) is 96.1 Å². The van der Waals surface area contributed by atoms with Crippen LogP contribution in [-0.2, 0) is 31.3 Å². The first kappa shape index (κ1) is 26.1. The summed E-state index contributed by atoms with van der Waals surface area (Å²) in [6.07, 6.45) is 1.12. The fourth-order valence-corrected chi connectivity index (χ4v) is 4.65. The summed E-state index contributed by atoms with van der Waals surface area (Å²) in [7, 11) is -7.37. The number of benzene rings is 3. The van der Waals surface area contributed by atoms with Gasteiger partial charge in [0.05, 0.1) is 23.7 Å². The number of sulfonamides is 2. The normalized spacial score (nSPS) is 12.5. The SMILES string of the molecule is CS(=O)(=O)NCC(=O)[C@H](Cc1ccccc1)NC(=O)c1ccc(NS(=O)(=O)c2ccccc2)cc1. The second-order valence-corrected chi connectivity index (χ2v) is 11.3. The zero-order chi connectivity index (χ0) is 25.5. The highest BCUT2D eigenvalue weighted by atomic mass is 32.2. The molecule has 0 unspecified atom stereocenters. The Balaban J connectivity index is 1.72. The molecule has 0 bridgehead atoms. The fraction of sp³-hybridized carbons (Fsp3) is 0.167. The summed E-state index contributed by atoms with van der Waals surface area (Å²) >= 11 is 0. The van der Waals surface area contributed by atoms with E-state index in [0.29, 0.717) is 0 Å². The van der Waals surface area contributed by atoms with E-state index in [-0.39, 0.29) is 22.6 Å². The molecule has 0 aliphatic carbocycles. The van der Waals surface area contributed by atoms with Crippen LogP contribution in [0.15, 0.2) is 89.8 Å². The summed E-state index contributed by atoms with van der Waals surface area (Å²) in [6.45, 7) is -0.461. The van der Waals surface area contributed by atoms with Gasteiger partial charge in [-0.15, -0.1) is 0 Å². The smallest absolute Gasteiger partial charge is 0.261 e. The van der Waals surface area contributed by atoms with E-state index < -0.39 is 44.3 Å². The summed E-state index contributed by atoms with van der Waals surface area (Å²) in [5.41, 5.74) is 1.26. The Morgan fingerprint density at radius 2 is 1.37 bits per heavy atom. The average molecular weight is 516 g/mol. The molecular formula is C24H25N3O6S2. The van der Waals surface area contributed by atoms with Crippen LogP contribution in [0, 0.1) is 0 Å². The summed E-state index contributed by atoms with van der Waals surface area (Å²) in [6, 6.07) is 21.6. The van der Waals surface area contributed by atoms with Crippen molar-refractivity contribution in [2.45, 2.75) is 17.4 Å². The van der Waals surface area contributed by atoms with Crippen LogP contribution in [0.2, 0.25) is 0 Å². The van der Waals surface area contributed by atoms with Crippen LogP contribution in [0.3, 0.4) is 0 Å². The summed E-state index contributed by atoms with van der Waals surface area (Å²) in [4.78, 5) is 25.6. The van der Waals surface area contributed by atoms with Gasteiger partial charge < -0.3 is 5.32 Å². The minimum Gasteiger partial charge on any atom is -0.342 e. The molecule has 9 nitrogen and oxygen atoms in total. The van der Waals surface area contributed by atoms with Crippen LogP contribution < -0.4 is 14.8 Å². The van der Waals surface area contributed by atoms with Crippen LogP contribution in [-0.4, -0.2) is 47.4 Å². The van der Waals surface area contributed by atoms with Gasteiger partial charge in [-0.3, -0.25) is 14.3 Å². The van der Waals surface area contributed by atoms with Gasteiger partial charge in [-0.2, -0.15) is 0 Å². The fourth-order valence-electron chi connectivity index (χ4n) is 3.17. The predicted octanol–water partition coefficient (Wildman–Crippen LogP) is 1.95. The third-order valence-corrected chi connectivity index (χ3v) is 7.00. The quantitative estimate of drug-likeness (QED) is 0.357. The Hall–Kier alpha value is -3.54. The van der Waals surface area contributed by atoms with E-state index in [0.717, 1.165) is 11.8 Å². The number of anilines is 1. The minimum atomic E-state index is -3.78. The summed E-state index contributed by atoms with van der Waals surface area (Å²) in [5.74, 6) is -1.06. The molecule has 0 radical (unpaired) electrons. The molecule has 1 amide bonds. The summed E-state index contributed by atoms with van der Waals surface area (Å²) in [5, 5.41) is 2.65. The van der Waals surface area contributed by atoms with Crippen LogP contribution in [0.5, 0.6) is 0 Å². The second-order valence-electron chi connectivity index (χ2n) is 7.77. The number of carbonyl (C=O) groups excluding carboxylic acids is 2. The number of carbonyl (C=O) groups is 2. The average Bonchev–Trinajstić information content (AvgIpc) is 2.83. The Morgan fingerprint density at radius 3 is 1.94 bits per heavy atom. The number of amides is 1. The lowest BCUT2D eigenvalue weighted by molar-refractivity contribution is -0.119. The van der Waals surface area contributed by atoms with E-state index in [1.807, 2.05) is 6.07 Å². The molecule has 3 N–H and O–H groups in total. The van der Waals surface area contributed by atoms with Crippen LogP contribution in [0.25, 0.3) is 0 Å². The predicted molar refractivity (Wildman–Crippen MR) is 133 cm³/mol. The Kier molecular flexibility index (Phi) is 8.39. The highest BCUT2D eigenvalue weighted by Crippen LogP contribution is 2.17. The Morgan fingerprint density at radius 1 is 0.800 bits per heavy atom. The monoisotopic (exact) mass is 515 g/mol. The van der Waals surface area contributed by atoms with Gasteiger partial charge in [0, 0.05) is 11.3 Å². The number of Topliss-reactive ketones (excluding diaryl/α,β-unsaturated/α-hetero) is 1. The molecule has 11 heteroatoms. The van der Waals surface area contributed by atoms with Gasteiger partial charge in [-0.05, 0) is 48.4 Å². The maximum atomic E-state index is 12.8. The van der Waals surface area contributed by atoms with Crippen molar-refractivity contribution in [3.63, 3.8) is 0 Å². The lowest BCUT2D eigenvalue weighted by Crippen LogP contribution is -2.46. The van der Waals surface area contributed by atoms with Gasteiger partial charge in [0.25, 0.3) is 15.9 Å². The van der Waals surface area contributed by atoms with E-state index in [1.165, 1.54) is 36.4 Å². The first-order valence-corrected chi connectivity index (χ1v) is 13.9. The van der Waals surface area contributed by atoms with Crippen molar-refractivity contribution in [1.82, 2.24) is 10.0 Å². The van der Waals surface area contributed by atoms with Crippen molar-refractivity contribution in [2.24, 2.45) is 0 Å². The third-order valence-electron chi connectivity index (χ3n) is 4.94. The topological polar surface area (TPSA) is 139 Å². The highest BCUT2D eigenvalue weighted by Gasteiger charge is 2.23. The Labute approximate surface area is 204 Å². The van der Waals surface area contributed by atoms with Gasteiger partial charge in [0.2, 0.25) is 10.0 Å². The molecule has 0 saturated carbocycles. The van der Waals surface area contributed by atoms with Crippen LogP contribution in [0.1, 0.15) is 15.9 Å². The highest BCUT2D eigenvalue weighted by molar-refractivity contribution is 7.92. The van der Waals surface area contributed by atoms with E-state index in [1.54, 1.807) is 42.5 Å². The van der Waals surface area contributed by atoms with E-state index in [9.17, 15) is 26.4 Å². The van der Waals surface area contributed by atoms with Gasteiger partial charge in [0.1, 0.15) is 0 Å². The molecule has 3 aromatic carbocycles. The van der Waals surface area contributed by atoms with Gasteiger partial charge >= 0.3 is 0 Å². The molecule has 0 aromatic heterocycles. The van der Waals surface area contributed by atoms with Crippen molar-refractivity contribution >= 4 is 37.4 Å². The maximum Gasteiger partial charge on any atom is 0.261 e. The molecule has 0 heterocycles. The first-order chi connectivity index (χ1) is 16.5. The van der Waals surface area contributed by atoms with Crippen LogP contribution in [0.4, 0.5) is 5.69 Å². The van der Waals surface area contributed by atoms with Crippen LogP contribution >= 0.6 is 0 Å². The van der Waals surface area contributed by atoms with E-state index in [4.69, 9.17) is 0 Å². The van der Waals surface area contributed by atoms with Crippen molar-refractivity contribution < 1.29 is 26.4 Å². The first-order valence-electron chi connectivity index (χ1n) is 10.5. The number of hydrogen-bond acceptors (Lipinski definition) is 6. The zero-order valence-electron chi connectivity index (χ0n) is 18.8. The largest absolute Gasteiger partial charge is 0.342 e. The molecule has 0 fully saturated rings. The molecule has 0 aliphatic rings. The molecule has 0 spiro atoms. The number of nitrogens with one attached hydrogen (secondary N) is 3. The molecule has 35 heavy (non-hydrogen) atoms. The van der Waals surface area contributed by atoms with E-state index >= 15 is 0 Å². The van der Waals surface area contributed by atoms with Gasteiger partial charge in [-0.25, -0.2) is 21.6 Å². The molecule has 3 aromatic rings.